The number of halogens is 2. The molecule has 0 bridgehead atoms. The van der Waals surface area contributed by atoms with Crippen LogP contribution in [0.1, 0.15) is 24.2 Å². The van der Waals surface area contributed by atoms with Gasteiger partial charge in [-0.25, -0.2) is 0 Å². The number of amides is 1. The molecule has 7 heteroatoms. The normalized spacial score (nSPS) is 10.9. The third-order valence-corrected chi connectivity index (χ3v) is 2.94. The average molecular weight is 329 g/mol. The maximum Gasteiger partial charge on any atom is 0.255 e. The highest BCUT2D eigenvalue weighted by Gasteiger charge is 2.18. The summed E-state index contributed by atoms with van der Waals surface area (Å²) in [7, 11) is 0. The third-order valence-electron chi connectivity index (χ3n) is 2.70. The van der Waals surface area contributed by atoms with Crippen molar-refractivity contribution in [2.45, 2.75) is 19.4 Å². The molecule has 114 valence electrons. The molecular formula is C14H18Cl2N4O. The van der Waals surface area contributed by atoms with Crippen LogP contribution in [-0.2, 0) is 0 Å². The zero-order chi connectivity index (χ0) is 14.8. The Morgan fingerprint density at radius 3 is 2.81 bits per heavy atom. The van der Waals surface area contributed by atoms with Crippen LogP contribution in [0.3, 0.4) is 0 Å². The van der Waals surface area contributed by atoms with E-state index in [9.17, 15) is 4.79 Å². The van der Waals surface area contributed by atoms with Crippen molar-refractivity contribution in [2.75, 3.05) is 6.54 Å². The summed E-state index contributed by atoms with van der Waals surface area (Å²) in [6.45, 7) is 4.08. The van der Waals surface area contributed by atoms with Gasteiger partial charge in [-0.15, -0.1) is 12.4 Å². The van der Waals surface area contributed by atoms with E-state index in [1.165, 1.54) is 6.20 Å². The number of aromatic nitrogens is 2. The Kier molecular flexibility index (Phi) is 5.78. The number of hydrogen-bond donors (Lipinski definition) is 3. The third kappa shape index (κ3) is 4.74. The molecule has 0 saturated heterocycles. The Morgan fingerprint density at radius 1 is 1.48 bits per heavy atom. The fourth-order valence-corrected chi connectivity index (χ4v) is 1.92. The van der Waals surface area contributed by atoms with Crippen LogP contribution in [-0.4, -0.2) is 28.2 Å². The first kappa shape index (κ1) is 17.5. The maximum atomic E-state index is 12.2. The minimum atomic E-state index is -0.463. The van der Waals surface area contributed by atoms with Crippen molar-refractivity contribution in [2.24, 2.45) is 5.73 Å². The molecule has 0 aliphatic rings. The molecule has 0 radical (unpaired) electrons. The highest BCUT2D eigenvalue weighted by Crippen LogP contribution is 2.23. The summed E-state index contributed by atoms with van der Waals surface area (Å²) in [5.41, 5.74) is 7.31. The molecular weight excluding hydrogens is 311 g/mol. The number of carbonyl (C=O) groups excluding carboxylic acids is 1. The van der Waals surface area contributed by atoms with E-state index in [0.29, 0.717) is 22.8 Å². The van der Waals surface area contributed by atoms with Gasteiger partial charge in [0.1, 0.15) is 0 Å². The van der Waals surface area contributed by atoms with Crippen molar-refractivity contribution in [3.05, 3.63) is 41.0 Å². The van der Waals surface area contributed by atoms with Gasteiger partial charge in [-0.1, -0.05) is 23.7 Å². The van der Waals surface area contributed by atoms with Crippen molar-refractivity contribution >= 4 is 29.9 Å². The maximum absolute atomic E-state index is 12.2. The van der Waals surface area contributed by atoms with E-state index in [2.05, 4.69) is 15.5 Å². The molecule has 4 N–H and O–H groups in total. The predicted octanol–water partition coefficient (Wildman–Crippen LogP) is 2.62. The van der Waals surface area contributed by atoms with E-state index >= 15 is 0 Å². The van der Waals surface area contributed by atoms with E-state index in [1.54, 1.807) is 12.1 Å². The van der Waals surface area contributed by atoms with E-state index in [4.69, 9.17) is 17.3 Å². The highest BCUT2D eigenvalue weighted by molar-refractivity contribution is 6.30. The summed E-state index contributed by atoms with van der Waals surface area (Å²) in [5, 5.41) is 10.2. The molecule has 1 aromatic heterocycles. The molecule has 5 nitrogen and oxygen atoms in total. The standard InChI is InChI=1S/C14H17ClN4O.ClH/c1-14(2,16)8-17-13(20)11-7-18-19-12(11)9-4-3-5-10(15)6-9;/h3-7H,8,16H2,1-2H3,(H,17,20)(H,18,19);1H. The lowest BCUT2D eigenvalue weighted by molar-refractivity contribution is 0.0947. The van der Waals surface area contributed by atoms with Crippen LogP contribution < -0.4 is 11.1 Å². The Morgan fingerprint density at radius 2 is 2.19 bits per heavy atom. The number of rotatable bonds is 4. The summed E-state index contributed by atoms with van der Waals surface area (Å²) in [5.74, 6) is -0.216. The quantitative estimate of drug-likeness (QED) is 0.806. The van der Waals surface area contributed by atoms with Crippen LogP contribution in [0.5, 0.6) is 0 Å². The topological polar surface area (TPSA) is 83.8 Å². The van der Waals surface area contributed by atoms with Crippen molar-refractivity contribution in [3.8, 4) is 11.3 Å². The summed E-state index contributed by atoms with van der Waals surface area (Å²) in [6.07, 6.45) is 1.50. The second kappa shape index (κ2) is 6.93. The van der Waals surface area contributed by atoms with Gasteiger partial charge in [0.05, 0.1) is 17.5 Å². The van der Waals surface area contributed by atoms with Crippen molar-refractivity contribution in [3.63, 3.8) is 0 Å². The van der Waals surface area contributed by atoms with Gasteiger partial charge < -0.3 is 11.1 Å². The van der Waals surface area contributed by atoms with Gasteiger partial charge in [0, 0.05) is 22.7 Å². The molecule has 1 amide bonds. The van der Waals surface area contributed by atoms with Gasteiger partial charge in [0.2, 0.25) is 0 Å². The van der Waals surface area contributed by atoms with Crippen LogP contribution in [0.25, 0.3) is 11.3 Å². The van der Waals surface area contributed by atoms with Gasteiger partial charge in [0.25, 0.3) is 5.91 Å². The SMILES string of the molecule is CC(C)(N)CNC(=O)c1cn[nH]c1-c1cccc(Cl)c1.Cl. The minimum Gasteiger partial charge on any atom is -0.350 e. The number of benzene rings is 1. The fraction of sp³-hybridized carbons (Fsp3) is 0.286. The molecule has 0 saturated carbocycles. The van der Waals surface area contributed by atoms with E-state index in [1.807, 2.05) is 26.0 Å². The first-order chi connectivity index (χ1) is 9.37. The fourth-order valence-electron chi connectivity index (χ4n) is 1.73. The monoisotopic (exact) mass is 328 g/mol. The molecule has 0 aliphatic heterocycles. The van der Waals surface area contributed by atoms with Crippen molar-refractivity contribution in [1.82, 2.24) is 15.5 Å². The number of nitrogens with one attached hydrogen (secondary N) is 2. The summed E-state index contributed by atoms with van der Waals surface area (Å²) in [4.78, 5) is 12.2. The number of hydrogen-bond acceptors (Lipinski definition) is 3. The minimum absolute atomic E-state index is 0. The zero-order valence-corrected chi connectivity index (χ0v) is 13.4. The Labute approximate surface area is 134 Å². The van der Waals surface area contributed by atoms with Crippen LogP contribution >= 0.6 is 24.0 Å². The van der Waals surface area contributed by atoms with Crippen molar-refractivity contribution < 1.29 is 4.79 Å². The summed E-state index contributed by atoms with van der Waals surface area (Å²) >= 11 is 5.96. The van der Waals surface area contributed by atoms with Gasteiger partial charge in [-0.2, -0.15) is 5.10 Å². The van der Waals surface area contributed by atoms with E-state index < -0.39 is 5.54 Å². The van der Waals surface area contributed by atoms with Crippen LogP contribution in [0.2, 0.25) is 5.02 Å². The first-order valence-electron chi connectivity index (χ1n) is 6.23. The summed E-state index contributed by atoms with van der Waals surface area (Å²) < 4.78 is 0. The second-order valence-electron chi connectivity index (χ2n) is 5.34. The van der Waals surface area contributed by atoms with E-state index in [0.717, 1.165) is 5.56 Å². The molecule has 1 heterocycles. The first-order valence-corrected chi connectivity index (χ1v) is 6.61. The largest absolute Gasteiger partial charge is 0.350 e. The molecule has 21 heavy (non-hydrogen) atoms. The lowest BCUT2D eigenvalue weighted by Gasteiger charge is -2.18. The molecule has 0 fully saturated rings. The number of H-pyrrole nitrogens is 1. The molecule has 0 unspecified atom stereocenters. The van der Waals surface area contributed by atoms with Crippen LogP contribution in [0.15, 0.2) is 30.5 Å². The van der Waals surface area contributed by atoms with Crippen LogP contribution in [0.4, 0.5) is 0 Å². The summed E-state index contributed by atoms with van der Waals surface area (Å²) in [6, 6.07) is 7.24. The number of nitrogens with zero attached hydrogens (tertiary/aromatic N) is 1. The zero-order valence-electron chi connectivity index (χ0n) is 11.8. The number of aromatic amines is 1. The molecule has 1 aromatic carbocycles. The van der Waals surface area contributed by atoms with Gasteiger partial charge in [0.15, 0.2) is 0 Å². The smallest absolute Gasteiger partial charge is 0.255 e. The molecule has 0 atom stereocenters. The lowest BCUT2D eigenvalue weighted by Crippen LogP contribution is -2.45. The van der Waals surface area contributed by atoms with Gasteiger partial charge in [-0.05, 0) is 26.0 Å². The molecule has 2 rings (SSSR count). The second-order valence-corrected chi connectivity index (χ2v) is 5.78. The number of carbonyl (C=O) groups is 1. The average Bonchev–Trinajstić information content (AvgIpc) is 2.84. The van der Waals surface area contributed by atoms with Gasteiger partial charge in [-0.3, -0.25) is 9.89 Å². The molecule has 0 spiro atoms. The Balaban J connectivity index is 0.00000220. The lowest BCUT2D eigenvalue weighted by atomic mass is 10.1. The Bertz CT molecular complexity index is 619. The molecule has 0 aliphatic carbocycles. The number of nitrogens with two attached hydrogens (primary N) is 1. The predicted molar refractivity (Wildman–Crippen MR) is 86.9 cm³/mol. The van der Waals surface area contributed by atoms with Gasteiger partial charge >= 0.3 is 0 Å². The van der Waals surface area contributed by atoms with Crippen LogP contribution in [0, 0.1) is 0 Å². The Hall–Kier alpha value is -1.56. The van der Waals surface area contributed by atoms with E-state index in [-0.39, 0.29) is 18.3 Å². The van der Waals surface area contributed by atoms with Crippen molar-refractivity contribution in [1.29, 1.82) is 0 Å². The molecule has 2 aromatic rings. The highest BCUT2D eigenvalue weighted by atomic mass is 35.5.